The summed E-state index contributed by atoms with van der Waals surface area (Å²) in [7, 11) is 0. The fourth-order valence-corrected chi connectivity index (χ4v) is 4.05. The largest absolute Gasteiger partial charge is 0.455 e. The van der Waals surface area contributed by atoms with Crippen LogP contribution in [-0.2, 0) is 20.7 Å². The van der Waals surface area contributed by atoms with Gasteiger partial charge in [0, 0.05) is 30.1 Å². The van der Waals surface area contributed by atoms with Crippen LogP contribution in [0.1, 0.15) is 28.1 Å². The number of halogens is 1. The Hall–Kier alpha value is -3.27. The Kier molecular flexibility index (Phi) is 8.32. The highest BCUT2D eigenvalue weighted by Crippen LogP contribution is 2.20. The van der Waals surface area contributed by atoms with E-state index in [1.54, 1.807) is 11.3 Å². The highest BCUT2D eigenvalue weighted by molar-refractivity contribution is 7.09. The Bertz CT molecular complexity index is 949. The molecule has 32 heavy (non-hydrogen) atoms. The summed E-state index contributed by atoms with van der Waals surface area (Å²) in [5.41, 5.74) is 0.338. The van der Waals surface area contributed by atoms with Crippen LogP contribution < -0.4 is 10.6 Å². The zero-order chi connectivity index (χ0) is 22.9. The normalized spacial score (nSPS) is 15.7. The number of hydrogen-bond donors (Lipinski definition) is 2. The Balaban J connectivity index is 1.38. The second-order valence-electron chi connectivity index (χ2n) is 7.34. The van der Waals surface area contributed by atoms with Gasteiger partial charge in [-0.3, -0.25) is 19.7 Å². The molecule has 2 aromatic rings. The molecule has 1 aliphatic heterocycles. The number of urea groups is 1. The van der Waals surface area contributed by atoms with Crippen LogP contribution >= 0.6 is 11.3 Å². The summed E-state index contributed by atoms with van der Waals surface area (Å²) in [4.78, 5) is 51.2. The summed E-state index contributed by atoms with van der Waals surface area (Å²) in [6.45, 7) is 0.422. The fourth-order valence-electron chi connectivity index (χ4n) is 3.34. The molecule has 1 unspecified atom stereocenters. The Labute approximate surface area is 188 Å². The summed E-state index contributed by atoms with van der Waals surface area (Å²) in [6.07, 6.45) is 1.78. The van der Waals surface area contributed by atoms with Crippen LogP contribution in [-0.4, -0.2) is 55.0 Å². The molecule has 0 saturated carbocycles. The predicted octanol–water partition coefficient (Wildman–Crippen LogP) is 2.35. The quantitative estimate of drug-likeness (QED) is 0.616. The van der Waals surface area contributed by atoms with Crippen molar-refractivity contribution in [1.82, 2.24) is 15.5 Å². The molecule has 1 saturated heterocycles. The van der Waals surface area contributed by atoms with E-state index >= 15 is 0 Å². The lowest BCUT2D eigenvalue weighted by atomic mass is 9.97. The van der Waals surface area contributed by atoms with Crippen molar-refractivity contribution in [3.8, 4) is 0 Å². The number of ether oxygens (including phenoxy) is 1. The van der Waals surface area contributed by atoms with E-state index < -0.39 is 36.2 Å². The number of amides is 4. The molecule has 0 bridgehead atoms. The summed E-state index contributed by atoms with van der Waals surface area (Å²) < 4.78 is 18.1. The van der Waals surface area contributed by atoms with E-state index in [9.17, 15) is 23.6 Å². The van der Waals surface area contributed by atoms with Crippen molar-refractivity contribution in [3.05, 3.63) is 58.0 Å². The molecule has 0 radical (unpaired) electrons. The third-order valence-electron chi connectivity index (χ3n) is 4.97. The van der Waals surface area contributed by atoms with Gasteiger partial charge in [0.15, 0.2) is 6.61 Å². The number of nitrogens with zero attached hydrogens (tertiary/aromatic N) is 1. The second-order valence-corrected chi connectivity index (χ2v) is 8.37. The number of benzene rings is 1. The van der Waals surface area contributed by atoms with E-state index in [-0.39, 0.29) is 12.5 Å². The third kappa shape index (κ3) is 6.88. The summed E-state index contributed by atoms with van der Waals surface area (Å²) in [5.74, 6) is -2.63. The van der Waals surface area contributed by atoms with Crippen molar-refractivity contribution in [1.29, 1.82) is 0 Å². The number of esters is 1. The number of thiophene rings is 1. The van der Waals surface area contributed by atoms with Crippen LogP contribution in [0.2, 0.25) is 0 Å². The van der Waals surface area contributed by atoms with Crippen LogP contribution in [0.3, 0.4) is 0 Å². The number of carbonyl (C=O) groups is 4. The molecule has 3 rings (SSSR count). The summed E-state index contributed by atoms with van der Waals surface area (Å²) in [6, 6.07) is 8.43. The lowest BCUT2D eigenvalue weighted by Crippen LogP contribution is -2.44. The number of imide groups is 1. The van der Waals surface area contributed by atoms with E-state index in [4.69, 9.17) is 4.74 Å². The second kappa shape index (κ2) is 11.4. The van der Waals surface area contributed by atoms with E-state index in [1.165, 1.54) is 29.2 Å². The first-order chi connectivity index (χ1) is 15.4. The minimum atomic E-state index is -0.734. The number of rotatable bonds is 7. The van der Waals surface area contributed by atoms with Gasteiger partial charge in [-0.25, -0.2) is 9.18 Å². The molecule has 1 aromatic carbocycles. The minimum Gasteiger partial charge on any atom is -0.455 e. The summed E-state index contributed by atoms with van der Waals surface area (Å²) in [5, 5.41) is 6.62. The van der Waals surface area contributed by atoms with Crippen molar-refractivity contribution in [2.24, 2.45) is 5.92 Å². The third-order valence-corrected chi connectivity index (χ3v) is 5.90. The maximum Gasteiger partial charge on any atom is 0.321 e. The van der Waals surface area contributed by atoms with Gasteiger partial charge in [0.05, 0.1) is 5.92 Å². The zero-order valence-electron chi connectivity index (χ0n) is 17.3. The van der Waals surface area contributed by atoms with Crippen LogP contribution in [0.4, 0.5) is 9.18 Å². The van der Waals surface area contributed by atoms with E-state index in [0.717, 1.165) is 4.88 Å². The van der Waals surface area contributed by atoms with Gasteiger partial charge < -0.3 is 15.0 Å². The monoisotopic (exact) mass is 461 g/mol. The van der Waals surface area contributed by atoms with Crippen LogP contribution in [0, 0.1) is 11.7 Å². The number of hydrogen-bond acceptors (Lipinski definition) is 6. The molecule has 1 aromatic heterocycles. The maximum absolute atomic E-state index is 13.1. The first kappa shape index (κ1) is 23.4. The van der Waals surface area contributed by atoms with Crippen molar-refractivity contribution in [3.63, 3.8) is 0 Å². The predicted molar refractivity (Wildman–Crippen MR) is 116 cm³/mol. The average Bonchev–Trinajstić information content (AvgIpc) is 3.31. The molecule has 4 amide bonds. The maximum atomic E-state index is 13.1. The number of piperidine rings is 1. The Morgan fingerprint density at radius 3 is 2.66 bits per heavy atom. The van der Waals surface area contributed by atoms with Crippen molar-refractivity contribution >= 4 is 35.2 Å². The molecule has 2 N–H and O–H groups in total. The molecule has 0 aliphatic carbocycles. The average molecular weight is 462 g/mol. The van der Waals surface area contributed by atoms with Crippen LogP contribution in [0.25, 0.3) is 0 Å². The molecule has 1 aliphatic rings. The van der Waals surface area contributed by atoms with Gasteiger partial charge in [-0.2, -0.15) is 0 Å². The molecule has 0 spiro atoms. The number of carbonyl (C=O) groups excluding carboxylic acids is 4. The van der Waals surface area contributed by atoms with Crippen LogP contribution in [0.5, 0.6) is 0 Å². The van der Waals surface area contributed by atoms with Gasteiger partial charge in [0.25, 0.3) is 11.8 Å². The van der Waals surface area contributed by atoms with Gasteiger partial charge in [-0.15, -0.1) is 11.3 Å². The molecule has 170 valence electrons. The smallest absolute Gasteiger partial charge is 0.321 e. The van der Waals surface area contributed by atoms with Gasteiger partial charge in [0.2, 0.25) is 0 Å². The Morgan fingerprint density at radius 1 is 1.16 bits per heavy atom. The molecule has 1 atom stereocenters. The van der Waals surface area contributed by atoms with Crippen molar-refractivity contribution in [2.75, 3.05) is 26.2 Å². The minimum absolute atomic E-state index is 0.153. The van der Waals surface area contributed by atoms with Gasteiger partial charge in [0.1, 0.15) is 5.82 Å². The summed E-state index contributed by atoms with van der Waals surface area (Å²) >= 11 is 1.58. The van der Waals surface area contributed by atoms with Gasteiger partial charge in [-0.05, 0) is 55.0 Å². The van der Waals surface area contributed by atoms with Gasteiger partial charge in [-0.1, -0.05) is 6.07 Å². The fraction of sp³-hybridized carbons (Fsp3) is 0.364. The van der Waals surface area contributed by atoms with Gasteiger partial charge >= 0.3 is 12.0 Å². The SMILES string of the molecule is O=C(COC(=O)C1CCCN(C(=O)c2ccc(F)cc2)C1)NC(=O)NCCc1cccs1. The highest BCUT2D eigenvalue weighted by Gasteiger charge is 2.30. The lowest BCUT2D eigenvalue weighted by Gasteiger charge is -2.31. The highest BCUT2D eigenvalue weighted by atomic mass is 32.1. The van der Waals surface area contributed by atoms with Crippen LogP contribution in [0.15, 0.2) is 41.8 Å². The van der Waals surface area contributed by atoms with Crippen molar-refractivity contribution < 1.29 is 28.3 Å². The van der Waals surface area contributed by atoms with E-state index in [0.29, 0.717) is 37.9 Å². The van der Waals surface area contributed by atoms with E-state index in [1.807, 2.05) is 17.5 Å². The Morgan fingerprint density at radius 2 is 1.94 bits per heavy atom. The molecule has 2 heterocycles. The number of nitrogens with one attached hydrogen (secondary N) is 2. The first-order valence-corrected chi connectivity index (χ1v) is 11.1. The topological polar surface area (TPSA) is 105 Å². The zero-order valence-corrected chi connectivity index (χ0v) is 18.2. The first-order valence-electron chi connectivity index (χ1n) is 10.2. The molecular weight excluding hydrogens is 437 g/mol. The standard InChI is InChI=1S/C22H24FN3O5S/c23-17-7-5-15(6-8-17)20(28)26-11-1-3-16(13-26)21(29)31-14-19(27)25-22(30)24-10-9-18-4-2-12-32-18/h2,4-8,12,16H,1,3,9-11,13-14H2,(H2,24,25,27,30). The lowest BCUT2D eigenvalue weighted by molar-refractivity contribution is -0.153. The van der Waals surface area contributed by atoms with Crippen molar-refractivity contribution in [2.45, 2.75) is 19.3 Å². The molecular formula is C22H24FN3O5S. The molecule has 1 fully saturated rings. The van der Waals surface area contributed by atoms with E-state index in [2.05, 4.69) is 10.6 Å². The number of likely N-dealkylation sites (tertiary alicyclic amines) is 1. The molecule has 8 nitrogen and oxygen atoms in total. The molecule has 10 heteroatoms.